The molecule has 0 saturated heterocycles. The molecular weight excluding hydrogens is 286 g/mol. The minimum Gasteiger partial charge on any atom is -0.486 e. The van der Waals surface area contributed by atoms with Crippen molar-refractivity contribution in [2.75, 3.05) is 13.0 Å². The van der Waals surface area contributed by atoms with E-state index >= 15 is 0 Å². The Morgan fingerprint density at radius 3 is 2.86 bits per heavy atom. The Bertz CT molecular complexity index is 674. The Kier molecular flexibility index (Phi) is 5.48. The summed E-state index contributed by atoms with van der Waals surface area (Å²) in [4.78, 5) is 4.31. The minimum atomic E-state index is 0.296. The molecule has 0 N–H and O–H groups in total. The molecule has 2 aromatic rings. The second kappa shape index (κ2) is 7.56. The zero-order valence-electron chi connectivity index (χ0n) is 12.0. The molecule has 0 radical (unpaired) electrons. The molecule has 0 unspecified atom stereocenters. The quantitative estimate of drug-likeness (QED) is 0.639. The summed E-state index contributed by atoms with van der Waals surface area (Å²) in [7, 11) is 1.59. The van der Waals surface area contributed by atoms with Gasteiger partial charge in [-0.25, -0.2) is 4.98 Å². The number of halogens is 1. The summed E-state index contributed by atoms with van der Waals surface area (Å²) in [5.41, 5.74) is 2.76. The number of pyridine rings is 1. The topological polar surface area (TPSA) is 31.4 Å². The van der Waals surface area contributed by atoms with Gasteiger partial charge in [0.05, 0.1) is 24.2 Å². The first-order chi connectivity index (χ1) is 10.2. The van der Waals surface area contributed by atoms with Crippen molar-refractivity contribution in [3.8, 4) is 23.5 Å². The van der Waals surface area contributed by atoms with Crippen LogP contribution in [0.3, 0.4) is 0 Å². The van der Waals surface area contributed by atoms with Crippen molar-refractivity contribution < 1.29 is 9.47 Å². The van der Waals surface area contributed by atoms with E-state index in [9.17, 15) is 0 Å². The fourth-order valence-corrected chi connectivity index (χ4v) is 1.87. The molecule has 0 aliphatic heterocycles. The lowest BCUT2D eigenvalue weighted by Crippen LogP contribution is -2.01. The van der Waals surface area contributed by atoms with Crippen molar-refractivity contribution >= 4 is 11.6 Å². The number of aryl methyl sites for hydroxylation is 1. The van der Waals surface area contributed by atoms with Crippen LogP contribution < -0.4 is 9.47 Å². The summed E-state index contributed by atoms with van der Waals surface area (Å²) >= 11 is 5.61. The third kappa shape index (κ3) is 4.40. The summed E-state index contributed by atoms with van der Waals surface area (Å²) in [6.07, 6.45) is 0. The fourth-order valence-electron chi connectivity index (χ4n) is 1.80. The standard InChI is InChI=1S/C17H16ClNO2/c1-13-8-9-16(14(11-13)5-4-10-18)21-12-15-6-3-7-17(19-15)20-2/h3,6-9,11H,10,12H2,1-2H3. The lowest BCUT2D eigenvalue weighted by Gasteiger charge is -2.09. The highest BCUT2D eigenvalue weighted by molar-refractivity contribution is 6.19. The average Bonchev–Trinajstić information content (AvgIpc) is 2.52. The molecule has 108 valence electrons. The van der Waals surface area contributed by atoms with Crippen LogP contribution in [0.5, 0.6) is 11.6 Å². The molecule has 1 aromatic carbocycles. The van der Waals surface area contributed by atoms with Gasteiger partial charge in [-0.15, -0.1) is 11.6 Å². The highest BCUT2D eigenvalue weighted by Crippen LogP contribution is 2.20. The normalized spacial score (nSPS) is 9.67. The monoisotopic (exact) mass is 301 g/mol. The van der Waals surface area contributed by atoms with Gasteiger partial charge in [0.1, 0.15) is 12.4 Å². The molecule has 1 aromatic heterocycles. The van der Waals surface area contributed by atoms with Crippen LogP contribution >= 0.6 is 11.6 Å². The van der Waals surface area contributed by atoms with Gasteiger partial charge in [-0.2, -0.15) is 0 Å². The van der Waals surface area contributed by atoms with E-state index in [4.69, 9.17) is 21.1 Å². The van der Waals surface area contributed by atoms with E-state index in [0.29, 0.717) is 18.4 Å². The third-order valence-electron chi connectivity index (χ3n) is 2.79. The minimum absolute atomic E-state index is 0.296. The molecule has 0 atom stereocenters. The Hall–Kier alpha value is -2.18. The van der Waals surface area contributed by atoms with Crippen LogP contribution in [0.4, 0.5) is 0 Å². The van der Waals surface area contributed by atoms with E-state index in [2.05, 4.69) is 16.8 Å². The van der Waals surface area contributed by atoms with E-state index in [1.165, 1.54) is 0 Å². The summed E-state index contributed by atoms with van der Waals surface area (Å²) < 4.78 is 10.9. The number of rotatable bonds is 4. The lowest BCUT2D eigenvalue weighted by molar-refractivity contribution is 0.297. The van der Waals surface area contributed by atoms with Crippen LogP contribution in [-0.4, -0.2) is 18.0 Å². The predicted molar refractivity (Wildman–Crippen MR) is 83.9 cm³/mol. The first-order valence-electron chi connectivity index (χ1n) is 6.51. The third-order valence-corrected chi connectivity index (χ3v) is 2.92. The largest absolute Gasteiger partial charge is 0.486 e. The van der Waals surface area contributed by atoms with Gasteiger partial charge in [-0.1, -0.05) is 24.0 Å². The van der Waals surface area contributed by atoms with Gasteiger partial charge >= 0.3 is 0 Å². The molecule has 1 heterocycles. The number of benzene rings is 1. The molecule has 0 spiro atoms. The van der Waals surface area contributed by atoms with Crippen LogP contribution in [0.2, 0.25) is 0 Å². The van der Waals surface area contributed by atoms with Crippen LogP contribution in [-0.2, 0) is 6.61 Å². The van der Waals surface area contributed by atoms with E-state index < -0.39 is 0 Å². The Balaban J connectivity index is 2.15. The van der Waals surface area contributed by atoms with Gasteiger partial charge in [0.15, 0.2) is 0 Å². The van der Waals surface area contributed by atoms with Crippen molar-refractivity contribution in [2.24, 2.45) is 0 Å². The molecule has 0 aliphatic rings. The number of nitrogens with zero attached hydrogens (tertiary/aromatic N) is 1. The lowest BCUT2D eigenvalue weighted by atomic mass is 10.1. The Morgan fingerprint density at radius 1 is 1.24 bits per heavy atom. The summed E-state index contributed by atoms with van der Waals surface area (Å²) in [6, 6.07) is 11.4. The zero-order chi connectivity index (χ0) is 15.1. The number of hydrogen-bond donors (Lipinski definition) is 0. The molecule has 3 nitrogen and oxygen atoms in total. The predicted octanol–water partition coefficient (Wildman–Crippen LogP) is 3.57. The molecular formula is C17H16ClNO2. The van der Waals surface area contributed by atoms with Crippen LogP contribution in [0, 0.1) is 18.8 Å². The van der Waals surface area contributed by atoms with Crippen molar-refractivity contribution in [1.29, 1.82) is 0 Å². The van der Waals surface area contributed by atoms with Crippen LogP contribution in [0.1, 0.15) is 16.8 Å². The molecule has 2 rings (SSSR count). The van der Waals surface area contributed by atoms with Crippen molar-refractivity contribution in [1.82, 2.24) is 4.98 Å². The van der Waals surface area contributed by atoms with E-state index in [0.717, 1.165) is 22.6 Å². The van der Waals surface area contributed by atoms with E-state index in [1.807, 2.05) is 37.3 Å². The smallest absolute Gasteiger partial charge is 0.213 e. The summed E-state index contributed by atoms with van der Waals surface area (Å²) in [5, 5.41) is 0. The van der Waals surface area contributed by atoms with Gasteiger partial charge < -0.3 is 9.47 Å². The molecule has 4 heteroatoms. The highest BCUT2D eigenvalue weighted by Gasteiger charge is 2.04. The number of ether oxygens (including phenoxy) is 2. The van der Waals surface area contributed by atoms with Gasteiger partial charge in [0.2, 0.25) is 5.88 Å². The summed E-state index contributed by atoms with van der Waals surface area (Å²) in [6.45, 7) is 2.37. The molecule has 0 saturated carbocycles. The van der Waals surface area contributed by atoms with Gasteiger partial charge in [-0.05, 0) is 30.7 Å². The second-order valence-corrected chi connectivity index (χ2v) is 4.66. The van der Waals surface area contributed by atoms with Gasteiger partial charge in [0, 0.05) is 6.07 Å². The molecule has 0 bridgehead atoms. The van der Waals surface area contributed by atoms with Crippen molar-refractivity contribution in [3.63, 3.8) is 0 Å². The molecule has 0 aliphatic carbocycles. The highest BCUT2D eigenvalue weighted by atomic mass is 35.5. The Morgan fingerprint density at radius 2 is 2.10 bits per heavy atom. The zero-order valence-corrected chi connectivity index (χ0v) is 12.8. The molecule has 21 heavy (non-hydrogen) atoms. The van der Waals surface area contributed by atoms with E-state index in [-0.39, 0.29) is 0 Å². The van der Waals surface area contributed by atoms with E-state index in [1.54, 1.807) is 13.2 Å². The molecule has 0 fully saturated rings. The first-order valence-corrected chi connectivity index (χ1v) is 7.04. The second-order valence-electron chi connectivity index (χ2n) is 4.39. The number of alkyl halides is 1. The maximum absolute atomic E-state index is 5.81. The maximum Gasteiger partial charge on any atom is 0.213 e. The van der Waals surface area contributed by atoms with Gasteiger partial charge in [0.25, 0.3) is 0 Å². The van der Waals surface area contributed by atoms with Crippen molar-refractivity contribution in [3.05, 3.63) is 53.2 Å². The SMILES string of the molecule is COc1cccc(COc2ccc(C)cc2C#CCCl)n1. The first kappa shape index (κ1) is 15.2. The maximum atomic E-state index is 5.81. The van der Waals surface area contributed by atoms with Crippen molar-refractivity contribution in [2.45, 2.75) is 13.5 Å². The fraction of sp³-hybridized carbons (Fsp3) is 0.235. The van der Waals surface area contributed by atoms with Crippen LogP contribution in [0.25, 0.3) is 0 Å². The summed E-state index contributed by atoms with van der Waals surface area (Å²) in [5.74, 6) is 7.45. The number of hydrogen-bond acceptors (Lipinski definition) is 3. The van der Waals surface area contributed by atoms with Gasteiger partial charge in [-0.3, -0.25) is 0 Å². The number of methoxy groups -OCH3 is 1. The average molecular weight is 302 g/mol. The molecule has 0 amide bonds. The Labute approximate surface area is 129 Å². The number of aromatic nitrogens is 1. The van der Waals surface area contributed by atoms with Crippen LogP contribution in [0.15, 0.2) is 36.4 Å².